The number of ether oxygens (including phenoxy) is 3. The second-order valence-electron chi connectivity index (χ2n) is 25.0. The average Bonchev–Trinajstić information content (AvgIpc) is 3.68. The quantitative estimate of drug-likeness (QED) is 0.0212. The second kappa shape index (κ2) is 32.3. The third-order valence-corrected chi connectivity index (χ3v) is 19.4. The van der Waals surface area contributed by atoms with Crippen LogP contribution >= 0.6 is 8.17 Å². The van der Waals surface area contributed by atoms with Gasteiger partial charge >= 0.3 is 20.3 Å². The maximum absolute atomic E-state index is 13.5. The first kappa shape index (κ1) is 62.3. The number of nitrogens with zero attached hydrogens (tertiary/aromatic N) is 1. The van der Waals surface area contributed by atoms with Crippen molar-refractivity contribution < 1.29 is 47.1 Å². The van der Waals surface area contributed by atoms with Gasteiger partial charge in [-0.15, -0.1) is 0 Å². The largest absolute Gasteiger partial charge is 0.606 e. The van der Waals surface area contributed by atoms with Crippen LogP contribution in [0.3, 0.4) is 0 Å². The molecular formula is C60H111NO9P+. The van der Waals surface area contributed by atoms with E-state index < -0.39 is 27.0 Å². The summed E-state index contributed by atoms with van der Waals surface area (Å²) in [4.78, 5) is 50.3. The number of hydrogen-bond donors (Lipinski definition) is 1. The molecule has 3 saturated carbocycles. The summed E-state index contributed by atoms with van der Waals surface area (Å²) in [6, 6.07) is 0. The van der Waals surface area contributed by atoms with E-state index in [2.05, 4.69) is 68.6 Å². The van der Waals surface area contributed by atoms with E-state index >= 15 is 0 Å². The molecule has 0 aromatic carbocycles. The van der Waals surface area contributed by atoms with Gasteiger partial charge in [0.15, 0.2) is 6.10 Å². The fourth-order valence-corrected chi connectivity index (χ4v) is 14.7. The molecule has 0 saturated heterocycles. The Hall–Kier alpha value is -1.29. The molecule has 0 bridgehead atoms. The van der Waals surface area contributed by atoms with E-state index in [0.29, 0.717) is 28.8 Å². The molecule has 0 aromatic rings. The molecule has 4 rings (SSSR count). The molecule has 0 spiro atoms. The average molecular weight is 1020 g/mol. The first-order valence-corrected chi connectivity index (χ1v) is 31.6. The number of likely N-dealkylation sites (N-methyl/N-ethyl adjacent to an activating group) is 1. The fourth-order valence-electron chi connectivity index (χ4n) is 13.9. The van der Waals surface area contributed by atoms with Gasteiger partial charge < -0.3 is 23.6 Å². The van der Waals surface area contributed by atoms with Crippen LogP contribution in [0.4, 0.5) is 4.79 Å². The molecule has 3 fully saturated rings. The zero-order valence-electron chi connectivity index (χ0n) is 47.5. The summed E-state index contributed by atoms with van der Waals surface area (Å²) in [6.07, 6.45) is 37.8. The minimum atomic E-state index is -4.50. The predicted molar refractivity (Wildman–Crippen MR) is 290 cm³/mol. The Labute approximate surface area is 436 Å². The van der Waals surface area contributed by atoms with Crippen molar-refractivity contribution in [2.45, 2.75) is 266 Å². The molecule has 0 aliphatic heterocycles. The number of fused-ring (bicyclic) bond motifs is 5. The maximum Gasteiger partial charge on any atom is 0.509 e. The molecule has 10 nitrogen and oxygen atoms in total. The molecule has 10 atom stereocenters. The Bertz CT molecular complexity index is 1520. The summed E-state index contributed by atoms with van der Waals surface area (Å²) in [7, 11) is -0.298. The van der Waals surface area contributed by atoms with E-state index in [-0.39, 0.29) is 37.1 Å². The minimum Gasteiger partial charge on any atom is -0.606 e. The van der Waals surface area contributed by atoms with Crippen molar-refractivity contribution in [3.05, 3.63) is 11.6 Å². The van der Waals surface area contributed by atoms with Gasteiger partial charge in [0.1, 0.15) is 32.5 Å². The molecule has 414 valence electrons. The fraction of sp³-hybridized carbons (Fsp3) is 0.933. The van der Waals surface area contributed by atoms with Gasteiger partial charge in [0.25, 0.3) is 0 Å². The Morgan fingerprint density at radius 2 is 1.34 bits per heavy atom. The molecule has 4 aliphatic rings. The van der Waals surface area contributed by atoms with Crippen molar-refractivity contribution in [3.8, 4) is 0 Å². The maximum atomic E-state index is 13.5. The lowest BCUT2D eigenvalue weighted by Gasteiger charge is -2.58. The van der Waals surface area contributed by atoms with Crippen LogP contribution in [0.1, 0.15) is 254 Å². The van der Waals surface area contributed by atoms with Gasteiger partial charge in [-0.1, -0.05) is 189 Å². The summed E-state index contributed by atoms with van der Waals surface area (Å²) in [5.74, 6) is 4.17. The van der Waals surface area contributed by atoms with E-state index in [4.69, 9.17) is 23.3 Å². The van der Waals surface area contributed by atoms with Crippen molar-refractivity contribution in [1.82, 2.24) is 0 Å². The zero-order valence-corrected chi connectivity index (χ0v) is 48.4. The molecule has 11 heteroatoms. The summed E-state index contributed by atoms with van der Waals surface area (Å²) >= 11 is 0. The number of allylic oxidation sites excluding steroid dienone is 1. The second-order valence-corrected chi connectivity index (χ2v) is 26.5. The van der Waals surface area contributed by atoms with Crippen LogP contribution in [-0.4, -0.2) is 80.7 Å². The van der Waals surface area contributed by atoms with Crippen molar-refractivity contribution >= 4 is 20.3 Å². The number of rotatable bonds is 38. The van der Waals surface area contributed by atoms with E-state index in [1.54, 1.807) is 0 Å². The van der Waals surface area contributed by atoms with Crippen LogP contribution in [0.25, 0.3) is 0 Å². The minimum absolute atomic E-state index is 0.0370. The van der Waals surface area contributed by atoms with Crippen molar-refractivity contribution in [2.75, 3.05) is 47.0 Å². The summed E-state index contributed by atoms with van der Waals surface area (Å²) < 4.78 is 28.9. The number of phosphoric acid groups is 1. The first-order chi connectivity index (χ1) is 33.9. The van der Waals surface area contributed by atoms with E-state index in [1.165, 1.54) is 153 Å². The third-order valence-electron chi connectivity index (χ3n) is 18.4. The van der Waals surface area contributed by atoms with E-state index in [1.807, 2.05) is 0 Å². The highest BCUT2D eigenvalue weighted by Gasteiger charge is 2.59. The van der Waals surface area contributed by atoms with Gasteiger partial charge in [-0.3, -0.25) is 4.79 Å². The van der Waals surface area contributed by atoms with Crippen LogP contribution in [0.5, 0.6) is 0 Å². The Morgan fingerprint density at radius 1 is 0.732 bits per heavy atom. The molecule has 0 amide bonds. The van der Waals surface area contributed by atoms with Crippen molar-refractivity contribution in [1.29, 1.82) is 0 Å². The Morgan fingerprint density at radius 3 is 1.96 bits per heavy atom. The molecule has 71 heavy (non-hydrogen) atoms. The first-order valence-electron chi connectivity index (χ1n) is 30.1. The number of quaternary nitrogens is 1. The van der Waals surface area contributed by atoms with Crippen molar-refractivity contribution in [3.63, 3.8) is 0 Å². The zero-order chi connectivity index (χ0) is 51.8. The van der Waals surface area contributed by atoms with Gasteiger partial charge in [0.2, 0.25) is 0 Å². The Kier molecular flexibility index (Phi) is 28.3. The lowest BCUT2D eigenvalue weighted by molar-refractivity contribution is -0.890. The lowest BCUT2D eigenvalue weighted by Crippen LogP contribution is -2.51. The van der Waals surface area contributed by atoms with E-state index in [9.17, 15) is 19.4 Å². The number of carbonyl (C=O) groups is 2. The molecular weight excluding hydrogens is 910 g/mol. The van der Waals surface area contributed by atoms with Gasteiger partial charge in [0, 0.05) is 12.8 Å². The van der Waals surface area contributed by atoms with Gasteiger partial charge in [-0.05, 0) is 111 Å². The number of phosphoric ester groups is 1. The summed E-state index contributed by atoms with van der Waals surface area (Å²) in [6.45, 7) is 17.6. The highest BCUT2D eigenvalue weighted by Crippen LogP contribution is 2.67. The van der Waals surface area contributed by atoms with Crippen LogP contribution in [0.2, 0.25) is 0 Å². The van der Waals surface area contributed by atoms with Gasteiger partial charge in [-0.2, -0.15) is 13.9 Å². The number of esters is 1. The molecule has 0 aromatic heterocycles. The van der Waals surface area contributed by atoms with Crippen LogP contribution in [-0.2, 0) is 28.1 Å². The normalized spacial score (nSPS) is 27.0. The van der Waals surface area contributed by atoms with Crippen LogP contribution < -0.4 is 4.89 Å². The van der Waals surface area contributed by atoms with Gasteiger partial charge in [0.05, 0.1) is 20.6 Å². The topological polar surface area (TPSA) is 124 Å². The molecule has 0 radical (unpaired) electrons. The SMILES string of the molecule is CCCCCCCCCCCCCCCC(=O)OCC(CO[P+]([O-])(O)OCC[N+](C)(C)CCCCCCCCC)OC(=O)OC1CCC2(C)C(=CCC3C2CCC2(C)C(C(C)CCCC(C)C)CCC32)C1. The van der Waals surface area contributed by atoms with Crippen molar-refractivity contribution in [2.24, 2.45) is 46.3 Å². The smallest absolute Gasteiger partial charge is 0.509 e. The number of hydrogen-bond acceptors (Lipinski definition) is 9. The number of unbranched alkanes of at least 4 members (excludes halogenated alkanes) is 18. The lowest BCUT2D eigenvalue weighted by atomic mass is 9.47. The molecule has 0 heterocycles. The predicted octanol–water partition coefficient (Wildman–Crippen LogP) is 15.8. The summed E-state index contributed by atoms with van der Waals surface area (Å²) in [5, 5.41) is 0. The highest BCUT2D eigenvalue weighted by atomic mass is 31.2. The third kappa shape index (κ3) is 21.7. The molecule has 1 N–H and O–H groups in total. The van der Waals surface area contributed by atoms with Gasteiger partial charge in [-0.25, -0.2) is 4.79 Å². The monoisotopic (exact) mass is 1020 g/mol. The number of carbonyl (C=O) groups excluding carboxylic acids is 2. The Balaban J connectivity index is 1.26. The molecule has 10 unspecified atom stereocenters. The standard InChI is InChI=1S/C60H110NO9P/c1-10-12-14-16-18-19-20-21-22-23-24-26-28-33-57(62)66-46-52(47-68-71(64,65)67-44-43-61(8,9)42-29-27-25-17-15-13-11-2)70-58(63)69-51-38-40-59(6)50(45-51)34-35-53-55-37-36-54(49(5)32-30-31-48(3)4)60(55,7)41-39-56(53)59/h34,48-49,51-56H,10-33,35-47H2,1-9H3/p+1. The van der Waals surface area contributed by atoms with Crippen LogP contribution in [0, 0.1) is 46.3 Å². The molecule has 4 aliphatic carbocycles. The summed E-state index contributed by atoms with van der Waals surface area (Å²) in [5.41, 5.74) is 1.97. The van der Waals surface area contributed by atoms with Crippen LogP contribution in [0.15, 0.2) is 11.6 Å². The van der Waals surface area contributed by atoms with E-state index in [0.717, 1.165) is 81.1 Å². The highest BCUT2D eigenvalue weighted by molar-refractivity contribution is 7.52.